The molecule has 1 aromatic carbocycles. The number of alkyl halides is 2. The van der Waals surface area contributed by atoms with Crippen LogP contribution in [0.4, 0.5) is 8.78 Å². The molecule has 0 fully saturated rings. The van der Waals surface area contributed by atoms with Crippen LogP contribution in [0.25, 0.3) is 0 Å². The van der Waals surface area contributed by atoms with E-state index in [1.807, 2.05) is 0 Å². The maximum atomic E-state index is 11.8. The molecule has 1 rings (SSSR count). The SMILES string of the molecule is O=C(Cl)c1c(Cl)cc(OC(F)F)cc1Cl. The molecule has 0 aromatic heterocycles. The van der Waals surface area contributed by atoms with Gasteiger partial charge in [0.15, 0.2) is 0 Å². The lowest BCUT2D eigenvalue weighted by molar-refractivity contribution is -0.0498. The van der Waals surface area contributed by atoms with E-state index in [-0.39, 0.29) is 21.4 Å². The van der Waals surface area contributed by atoms with E-state index in [0.717, 1.165) is 12.1 Å². The van der Waals surface area contributed by atoms with E-state index < -0.39 is 11.9 Å². The topological polar surface area (TPSA) is 26.3 Å². The van der Waals surface area contributed by atoms with E-state index >= 15 is 0 Å². The molecule has 0 spiro atoms. The van der Waals surface area contributed by atoms with Crippen LogP contribution in [0, 0.1) is 0 Å². The van der Waals surface area contributed by atoms with Crippen molar-refractivity contribution in [1.82, 2.24) is 0 Å². The Morgan fingerprint density at radius 2 is 1.73 bits per heavy atom. The monoisotopic (exact) mass is 274 g/mol. The Balaban J connectivity index is 3.14. The highest BCUT2D eigenvalue weighted by atomic mass is 35.5. The molecule has 82 valence electrons. The van der Waals surface area contributed by atoms with Gasteiger partial charge in [0, 0.05) is 0 Å². The Bertz CT molecular complexity index is 372. The van der Waals surface area contributed by atoms with Crippen molar-refractivity contribution in [3.8, 4) is 5.75 Å². The lowest BCUT2D eigenvalue weighted by atomic mass is 10.2. The van der Waals surface area contributed by atoms with Gasteiger partial charge in [-0.1, -0.05) is 23.2 Å². The number of ether oxygens (including phenoxy) is 1. The van der Waals surface area contributed by atoms with Gasteiger partial charge in [0.25, 0.3) is 5.24 Å². The molecule has 0 unspecified atom stereocenters. The zero-order valence-electron chi connectivity index (χ0n) is 6.94. The lowest BCUT2D eigenvalue weighted by Crippen LogP contribution is -2.03. The number of hydrogen-bond acceptors (Lipinski definition) is 2. The number of carbonyl (C=O) groups is 1. The van der Waals surface area contributed by atoms with Crippen molar-refractivity contribution in [2.45, 2.75) is 6.61 Å². The number of rotatable bonds is 3. The highest BCUT2D eigenvalue weighted by Gasteiger charge is 2.16. The molecule has 0 aliphatic heterocycles. The van der Waals surface area contributed by atoms with Gasteiger partial charge in [0.2, 0.25) is 0 Å². The quantitative estimate of drug-likeness (QED) is 0.780. The Morgan fingerprint density at radius 3 is 2.07 bits per heavy atom. The number of hydrogen-bond donors (Lipinski definition) is 0. The van der Waals surface area contributed by atoms with Crippen LogP contribution in [-0.2, 0) is 0 Å². The summed E-state index contributed by atoms with van der Waals surface area (Å²) in [4.78, 5) is 10.8. The summed E-state index contributed by atoms with van der Waals surface area (Å²) in [5, 5.41) is -1.15. The Hall–Kier alpha value is -0.580. The van der Waals surface area contributed by atoms with Crippen LogP contribution in [0.3, 0.4) is 0 Å². The molecular formula is C8H3Cl3F2O2. The Kier molecular flexibility index (Phi) is 4.13. The summed E-state index contributed by atoms with van der Waals surface area (Å²) in [6, 6.07) is 2.07. The van der Waals surface area contributed by atoms with Crippen LogP contribution in [0.2, 0.25) is 10.0 Å². The molecule has 0 saturated heterocycles. The minimum Gasteiger partial charge on any atom is -0.435 e. The molecule has 2 nitrogen and oxygen atoms in total. The first-order valence-electron chi connectivity index (χ1n) is 3.55. The van der Waals surface area contributed by atoms with E-state index in [4.69, 9.17) is 34.8 Å². The van der Waals surface area contributed by atoms with Gasteiger partial charge in [-0.25, -0.2) is 0 Å². The fourth-order valence-electron chi connectivity index (χ4n) is 0.909. The molecule has 0 N–H and O–H groups in total. The zero-order valence-corrected chi connectivity index (χ0v) is 9.21. The average molecular weight is 275 g/mol. The predicted molar refractivity (Wildman–Crippen MR) is 53.3 cm³/mol. The minimum absolute atomic E-state index is 0.137. The maximum Gasteiger partial charge on any atom is 0.387 e. The van der Waals surface area contributed by atoms with Gasteiger partial charge in [0.1, 0.15) is 5.75 Å². The van der Waals surface area contributed by atoms with E-state index in [0.29, 0.717) is 0 Å². The van der Waals surface area contributed by atoms with Gasteiger partial charge in [-0.3, -0.25) is 4.79 Å². The molecule has 0 atom stereocenters. The van der Waals surface area contributed by atoms with Gasteiger partial charge in [0.05, 0.1) is 15.6 Å². The molecule has 0 bridgehead atoms. The number of halogens is 5. The summed E-state index contributed by atoms with van der Waals surface area (Å²) in [6.45, 7) is -2.99. The van der Waals surface area contributed by atoms with Crippen LogP contribution < -0.4 is 4.74 Å². The molecule has 0 aliphatic rings. The zero-order chi connectivity index (χ0) is 11.6. The summed E-state index contributed by atoms with van der Waals surface area (Å²) in [5.74, 6) is -0.235. The van der Waals surface area contributed by atoms with Gasteiger partial charge in [-0.05, 0) is 23.7 Å². The summed E-state index contributed by atoms with van der Waals surface area (Å²) in [6.07, 6.45) is 0. The predicted octanol–water partition coefficient (Wildman–Crippen LogP) is 3.97. The van der Waals surface area contributed by atoms with Crippen LogP contribution in [0.15, 0.2) is 12.1 Å². The molecule has 0 saturated carbocycles. The van der Waals surface area contributed by atoms with Crippen LogP contribution in [0.5, 0.6) is 5.75 Å². The molecular weight excluding hydrogens is 272 g/mol. The van der Waals surface area contributed by atoms with Gasteiger partial charge in [-0.2, -0.15) is 8.78 Å². The van der Waals surface area contributed by atoms with Crippen molar-refractivity contribution in [3.05, 3.63) is 27.7 Å². The Morgan fingerprint density at radius 1 is 1.27 bits per heavy atom. The van der Waals surface area contributed by atoms with Gasteiger partial charge in [-0.15, -0.1) is 0 Å². The number of carbonyl (C=O) groups excluding carboxylic acids is 1. The fraction of sp³-hybridized carbons (Fsp3) is 0.125. The molecule has 0 heterocycles. The van der Waals surface area contributed by atoms with Crippen molar-refractivity contribution >= 4 is 40.0 Å². The van der Waals surface area contributed by atoms with Crippen molar-refractivity contribution < 1.29 is 18.3 Å². The van der Waals surface area contributed by atoms with Gasteiger partial charge >= 0.3 is 6.61 Å². The van der Waals surface area contributed by atoms with Crippen molar-refractivity contribution in [3.63, 3.8) is 0 Å². The van der Waals surface area contributed by atoms with E-state index in [2.05, 4.69) is 4.74 Å². The highest BCUT2D eigenvalue weighted by molar-refractivity contribution is 6.69. The van der Waals surface area contributed by atoms with Gasteiger partial charge < -0.3 is 4.74 Å². The normalized spacial score (nSPS) is 10.5. The lowest BCUT2D eigenvalue weighted by Gasteiger charge is -2.07. The third-order valence-corrected chi connectivity index (χ3v) is 2.22. The second-order valence-electron chi connectivity index (χ2n) is 2.41. The summed E-state index contributed by atoms with van der Waals surface area (Å²) < 4.78 is 27.7. The standard InChI is InChI=1S/C8H3Cl3F2O2/c9-4-1-3(15-8(12)13)2-5(10)6(4)7(11)14/h1-2,8H. The molecule has 0 aliphatic carbocycles. The summed E-state index contributed by atoms with van der Waals surface area (Å²) in [7, 11) is 0. The third-order valence-electron chi connectivity index (χ3n) is 1.44. The molecule has 7 heteroatoms. The van der Waals surface area contributed by atoms with Crippen LogP contribution in [-0.4, -0.2) is 11.9 Å². The molecule has 0 radical (unpaired) electrons. The van der Waals surface area contributed by atoms with Crippen molar-refractivity contribution in [1.29, 1.82) is 0 Å². The highest BCUT2D eigenvalue weighted by Crippen LogP contribution is 2.31. The largest absolute Gasteiger partial charge is 0.435 e. The first-order chi connectivity index (χ1) is 6.91. The first-order valence-corrected chi connectivity index (χ1v) is 4.69. The summed E-state index contributed by atoms with van der Waals surface area (Å²) in [5.41, 5.74) is -0.137. The molecule has 15 heavy (non-hydrogen) atoms. The smallest absolute Gasteiger partial charge is 0.387 e. The first kappa shape index (κ1) is 12.5. The molecule has 0 amide bonds. The number of benzene rings is 1. The summed E-state index contributed by atoms with van der Waals surface area (Å²) >= 11 is 16.4. The second-order valence-corrected chi connectivity index (χ2v) is 3.57. The van der Waals surface area contributed by atoms with Crippen molar-refractivity contribution in [2.24, 2.45) is 0 Å². The van der Waals surface area contributed by atoms with Crippen LogP contribution in [0.1, 0.15) is 10.4 Å². The van der Waals surface area contributed by atoms with Crippen molar-refractivity contribution in [2.75, 3.05) is 0 Å². The third kappa shape index (κ3) is 3.19. The average Bonchev–Trinajstić information content (AvgIpc) is 1.99. The van der Waals surface area contributed by atoms with E-state index in [9.17, 15) is 13.6 Å². The van der Waals surface area contributed by atoms with E-state index in [1.165, 1.54) is 0 Å². The van der Waals surface area contributed by atoms with E-state index in [1.54, 1.807) is 0 Å². The Labute approximate surface area is 98.7 Å². The maximum absolute atomic E-state index is 11.8. The fourth-order valence-corrected chi connectivity index (χ4v) is 1.85. The molecule has 1 aromatic rings. The second kappa shape index (κ2) is 4.96. The minimum atomic E-state index is -2.99. The van der Waals surface area contributed by atoms with Crippen LogP contribution >= 0.6 is 34.8 Å².